The van der Waals surface area contributed by atoms with E-state index in [0.717, 1.165) is 16.0 Å². The van der Waals surface area contributed by atoms with Crippen molar-refractivity contribution in [3.63, 3.8) is 0 Å². The maximum atomic E-state index is 16.2. The van der Waals surface area contributed by atoms with E-state index in [1.165, 1.54) is 13.2 Å². The summed E-state index contributed by atoms with van der Waals surface area (Å²) in [6.45, 7) is 4.68. The van der Waals surface area contributed by atoms with Gasteiger partial charge in [0.2, 0.25) is 11.8 Å². The van der Waals surface area contributed by atoms with Crippen LogP contribution in [-0.4, -0.2) is 98.5 Å². The molecule has 5 aromatic carbocycles. The summed E-state index contributed by atoms with van der Waals surface area (Å²) in [5, 5.41) is 12.5. The summed E-state index contributed by atoms with van der Waals surface area (Å²) in [7, 11) is 3.44. The number of nitrogens with one attached hydrogen (secondary N) is 1. The van der Waals surface area contributed by atoms with Gasteiger partial charge in [-0.25, -0.2) is 9.69 Å². The summed E-state index contributed by atoms with van der Waals surface area (Å²) in [5.41, 5.74) is 2.19. The number of rotatable bonds is 15. The topological polar surface area (TPSA) is 147 Å². The van der Waals surface area contributed by atoms with Crippen LogP contribution in [0.2, 0.25) is 0 Å². The maximum absolute atomic E-state index is 16.2. The minimum Gasteiger partial charge on any atom is -0.491 e. The lowest BCUT2D eigenvalue weighted by atomic mass is 9.65. The number of cyclic esters (lactones) is 1. The Morgan fingerprint density at radius 1 is 0.864 bits per heavy atom. The summed E-state index contributed by atoms with van der Waals surface area (Å²) in [6, 6.07) is 37.9. The minimum atomic E-state index is -1.99. The third kappa shape index (κ3) is 8.71. The molecule has 13 nitrogen and oxygen atoms in total. The average molecular weight is 889 g/mol. The van der Waals surface area contributed by atoms with Crippen LogP contribution in [-0.2, 0) is 40.6 Å². The molecule has 2 saturated heterocycles. The molecule has 3 heterocycles. The molecule has 2 fully saturated rings. The van der Waals surface area contributed by atoms with Gasteiger partial charge in [-0.05, 0) is 65.2 Å². The molecule has 0 saturated carbocycles. The first-order valence-electron chi connectivity index (χ1n) is 21.9. The number of anilines is 1. The predicted molar refractivity (Wildman–Crippen MR) is 247 cm³/mol. The van der Waals surface area contributed by atoms with Gasteiger partial charge in [0.15, 0.2) is 0 Å². The van der Waals surface area contributed by atoms with Crippen LogP contribution in [0.4, 0.5) is 10.5 Å². The minimum absolute atomic E-state index is 0.0231. The smallest absolute Gasteiger partial charge is 0.421 e. The zero-order valence-electron chi connectivity index (χ0n) is 36.9. The molecule has 338 valence electrons. The van der Waals surface area contributed by atoms with Crippen molar-refractivity contribution >= 4 is 29.6 Å². The van der Waals surface area contributed by atoms with Crippen molar-refractivity contribution in [1.82, 2.24) is 15.1 Å². The molecule has 0 aliphatic carbocycles. The lowest BCUT2D eigenvalue weighted by Gasteiger charge is -2.46. The second-order valence-electron chi connectivity index (χ2n) is 16.4. The highest BCUT2D eigenvalue weighted by Gasteiger charge is 2.75. The van der Waals surface area contributed by atoms with E-state index in [9.17, 15) is 9.90 Å². The lowest BCUT2D eigenvalue weighted by Crippen LogP contribution is -2.55. The fraction of sp³-hybridized carbons (Fsp3) is 0.283. The standard InChI is InChI=1S/C53H52N4O9/c1-4-28-54-49(59)44-46-50(60)66-47(39-20-12-7-13-21-39)45(38-18-10-6-11-19-38)57(46)48(40-23-25-41(26-24-40)64-31-30-58)53(44)42-34-36(17-14-29-55(2)35-37-15-8-5-9-16-37)22-27-43(42)56(51(53)61)52(62)65-33-32-63-3/h4-13,15-16,18-27,34,44-48,58H,1,28-33,35H2,2-3H3,(H,54,59)/t44-,45-,46-,47+,48+,53-/m0/s1. The molecular weight excluding hydrogens is 837 g/mol. The number of fused-ring (bicyclic) bond motifs is 3. The van der Waals surface area contributed by atoms with Gasteiger partial charge < -0.3 is 29.4 Å². The highest BCUT2D eigenvalue weighted by Crippen LogP contribution is 2.66. The van der Waals surface area contributed by atoms with Gasteiger partial charge in [0.25, 0.3) is 0 Å². The van der Waals surface area contributed by atoms with Gasteiger partial charge in [-0.3, -0.25) is 24.2 Å². The van der Waals surface area contributed by atoms with E-state index >= 15 is 14.4 Å². The summed E-state index contributed by atoms with van der Waals surface area (Å²) >= 11 is 0. The summed E-state index contributed by atoms with van der Waals surface area (Å²) in [4.78, 5) is 66.0. The average Bonchev–Trinajstić information content (AvgIpc) is 3.80. The van der Waals surface area contributed by atoms with E-state index in [1.54, 1.807) is 42.5 Å². The summed E-state index contributed by atoms with van der Waals surface area (Å²) < 4.78 is 23.1. The van der Waals surface area contributed by atoms with Crippen LogP contribution in [0.15, 0.2) is 146 Å². The Bertz CT molecular complexity index is 2600. The number of imide groups is 1. The Hall–Kier alpha value is -7.08. The van der Waals surface area contributed by atoms with Crippen LogP contribution >= 0.6 is 0 Å². The number of hydrogen-bond donors (Lipinski definition) is 2. The number of carbonyl (C=O) groups is 4. The van der Waals surface area contributed by atoms with Gasteiger partial charge in [-0.1, -0.05) is 121 Å². The quantitative estimate of drug-likeness (QED) is 0.0529. The van der Waals surface area contributed by atoms with Gasteiger partial charge in [-0.2, -0.15) is 0 Å². The second-order valence-corrected chi connectivity index (χ2v) is 16.4. The monoisotopic (exact) mass is 888 g/mol. The molecule has 3 aliphatic rings. The molecule has 3 amide bonds. The second kappa shape index (κ2) is 20.4. The molecule has 0 bridgehead atoms. The molecule has 2 N–H and O–H groups in total. The zero-order valence-corrected chi connectivity index (χ0v) is 36.9. The summed E-state index contributed by atoms with van der Waals surface area (Å²) in [5.74, 6) is 3.43. The number of benzene rings is 5. The number of esters is 1. The molecule has 3 aliphatic heterocycles. The van der Waals surface area contributed by atoms with E-state index < -0.39 is 59.4 Å². The fourth-order valence-corrected chi connectivity index (χ4v) is 9.66. The Kier molecular flexibility index (Phi) is 14.1. The predicted octanol–water partition coefficient (Wildman–Crippen LogP) is 6.29. The van der Waals surface area contributed by atoms with Gasteiger partial charge in [0.05, 0.1) is 43.4 Å². The van der Waals surface area contributed by atoms with Crippen LogP contribution in [0.1, 0.15) is 51.6 Å². The van der Waals surface area contributed by atoms with Crippen molar-refractivity contribution in [3.8, 4) is 17.6 Å². The van der Waals surface area contributed by atoms with Crippen molar-refractivity contribution in [3.05, 3.63) is 179 Å². The Morgan fingerprint density at radius 2 is 1.55 bits per heavy atom. The van der Waals surface area contributed by atoms with Gasteiger partial charge in [-0.15, -0.1) is 6.58 Å². The van der Waals surface area contributed by atoms with Crippen LogP contribution in [0, 0.1) is 17.8 Å². The summed E-state index contributed by atoms with van der Waals surface area (Å²) in [6.07, 6.45) is -0.346. The van der Waals surface area contributed by atoms with Crippen molar-refractivity contribution in [2.45, 2.75) is 36.2 Å². The van der Waals surface area contributed by atoms with Crippen molar-refractivity contribution in [2.24, 2.45) is 5.92 Å². The number of aliphatic hydroxyl groups excluding tert-OH is 1. The lowest BCUT2D eigenvalue weighted by molar-refractivity contribution is -0.178. The van der Waals surface area contributed by atoms with E-state index in [1.807, 2.05) is 90.8 Å². The van der Waals surface area contributed by atoms with Crippen LogP contribution in [0.25, 0.3) is 0 Å². The van der Waals surface area contributed by atoms with Gasteiger partial charge >= 0.3 is 12.1 Å². The molecule has 0 aromatic heterocycles. The van der Waals surface area contributed by atoms with Gasteiger partial charge in [0, 0.05) is 25.8 Å². The zero-order chi connectivity index (χ0) is 46.2. The third-order valence-electron chi connectivity index (χ3n) is 12.3. The van der Waals surface area contributed by atoms with E-state index in [-0.39, 0.29) is 38.7 Å². The van der Waals surface area contributed by atoms with Crippen molar-refractivity contribution in [2.75, 3.05) is 58.6 Å². The third-order valence-corrected chi connectivity index (χ3v) is 12.3. The number of methoxy groups -OCH3 is 1. The van der Waals surface area contributed by atoms with E-state index in [4.69, 9.17) is 18.9 Å². The molecule has 13 heteroatoms. The highest BCUT2D eigenvalue weighted by molar-refractivity contribution is 6.23. The van der Waals surface area contributed by atoms with Crippen molar-refractivity contribution < 1.29 is 43.2 Å². The molecule has 8 rings (SSSR count). The van der Waals surface area contributed by atoms with Crippen LogP contribution in [0.3, 0.4) is 0 Å². The Balaban J connectivity index is 1.38. The Morgan fingerprint density at radius 3 is 2.21 bits per heavy atom. The number of aliphatic hydroxyl groups is 1. The molecule has 66 heavy (non-hydrogen) atoms. The number of morpholine rings is 1. The number of hydrogen-bond acceptors (Lipinski definition) is 11. The molecule has 0 unspecified atom stereocenters. The SMILES string of the molecule is C=CCNC(=O)[C@@H]1[C@H]2C(=O)O[C@H](c3ccccc3)[C@H](c3ccccc3)N2[C@H](c2ccc(OCCO)cc2)[C@@]12C(=O)N(C(=O)OCCOC)c1ccc(C#CCN(C)Cc3ccccc3)cc12. The maximum Gasteiger partial charge on any atom is 0.421 e. The molecule has 5 aromatic rings. The number of carbonyl (C=O) groups excluding carboxylic acids is 4. The van der Waals surface area contributed by atoms with E-state index in [0.29, 0.717) is 41.1 Å². The fourth-order valence-electron chi connectivity index (χ4n) is 9.66. The number of ether oxygens (including phenoxy) is 4. The molecular formula is C53H52N4O9. The van der Waals surface area contributed by atoms with Crippen LogP contribution < -0.4 is 15.0 Å². The van der Waals surface area contributed by atoms with Gasteiger partial charge in [0.1, 0.15) is 36.5 Å². The molecule has 1 spiro atoms. The Labute approximate surface area is 384 Å². The number of amides is 3. The number of nitrogens with zero attached hydrogens (tertiary/aromatic N) is 3. The largest absolute Gasteiger partial charge is 0.491 e. The highest BCUT2D eigenvalue weighted by atomic mass is 16.6. The normalized spacial score (nSPS) is 21.9. The first-order valence-corrected chi connectivity index (χ1v) is 21.9. The van der Waals surface area contributed by atoms with E-state index in [2.05, 4.69) is 40.8 Å². The molecule has 6 atom stereocenters. The molecule has 0 radical (unpaired) electrons. The first kappa shape index (κ1) is 45.5. The first-order chi connectivity index (χ1) is 32.2. The van der Waals surface area contributed by atoms with Crippen LogP contribution in [0.5, 0.6) is 5.75 Å². The van der Waals surface area contributed by atoms with Crippen molar-refractivity contribution in [1.29, 1.82) is 0 Å².